The first kappa shape index (κ1) is 17.1. The van der Waals surface area contributed by atoms with E-state index in [-0.39, 0.29) is 17.1 Å². The Morgan fingerprint density at radius 1 is 1.40 bits per heavy atom. The van der Waals surface area contributed by atoms with Gasteiger partial charge in [-0.1, -0.05) is 13.8 Å². The number of nitrogens with zero attached hydrogens (tertiary/aromatic N) is 1. The Kier molecular flexibility index (Phi) is 6.60. The number of hydrogen-bond acceptors (Lipinski definition) is 5. The standard InChI is InChI=1S/C12H23N3O4S/c1-9(2)4-6-19-7-5-13-20(17,18)12-10(3)14-15-11(12)8-16/h9,13,16H,4-8H2,1-3H3,(H,14,15). The minimum Gasteiger partial charge on any atom is -0.390 e. The number of rotatable bonds is 9. The van der Waals surface area contributed by atoms with E-state index in [1.807, 2.05) is 0 Å². The summed E-state index contributed by atoms with van der Waals surface area (Å²) in [5.74, 6) is 0.562. The van der Waals surface area contributed by atoms with E-state index in [0.717, 1.165) is 6.42 Å². The van der Waals surface area contributed by atoms with E-state index in [9.17, 15) is 8.42 Å². The van der Waals surface area contributed by atoms with Gasteiger partial charge in [0, 0.05) is 13.2 Å². The summed E-state index contributed by atoms with van der Waals surface area (Å²) in [5, 5.41) is 15.4. The topological polar surface area (TPSA) is 104 Å². The average molecular weight is 305 g/mol. The molecule has 0 amide bonds. The molecule has 0 radical (unpaired) electrons. The number of aromatic amines is 1. The molecule has 0 fully saturated rings. The predicted molar refractivity (Wildman–Crippen MR) is 74.7 cm³/mol. The Morgan fingerprint density at radius 2 is 2.10 bits per heavy atom. The maximum absolute atomic E-state index is 12.1. The van der Waals surface area contributed by atoms with Crippen LogP contribution in [0.2, 0.25) is 0 Å². The summed E-state index contributed by atoms with van der Waals surface area (Å²) in [6.45, 7) is 6.50. The maximum atomic E-state index is 12.1. The second-order valence-corrected chi connectivity index (χ2v) is 6.68. The molecule has 0 atom stereocenters. The van der Waals surface area contributed by atoms with E-state index in [4.69, 9.17) is 9.84 Å². The third kappa shape index (κ3) is 4.86. The molecule has 3 N–H and O–H groups in total. The Labute approximate surface area is 119 Å². The number of aromatic nitrogens is 2. The molecule has 1 aromatic rings. The third-order valence-corrected chi connectivity index (χ3v) is 4.42. The van der Waals surface area contributed by atoms with Crippen molar-refractivity contribution in [1.82, 2.24) is 14.9 Å². The van der Waals surface area contributed by atoms with Crippen LogP contribution in [0.25, 0.3) is 0 Å². The average Bonchev–Trinajstić information content (AvgIpc) is 2.75. The fraction of sp³-hybridized carbons (Fsp3) is 0.750. The van der Waals surface area contributed by atoms with E-state index in [1.54, 1.807) is 6.92 Å². The lowest BCUT2D eigenvalue weighted by atomic mass is 10.1. The van der Waals surface area contributed by atoms with Crippen molar-refractivity contribution in [3.8, 4) is 0 Å². The first-order valence-corrected chi connectivity index (χ1v) is 8.09. The molecular formula is C12H23N3O4S. The number of H-pyrrole nitrogens is 1. The summed E-state index contributed by atoms with van der Waals surface area (Å²) < 4.78 is 32.0. The van der Waals surface area contributed by atoms with Crippen molar-refractivity contribution < 1.29 is 18.3 Å². The molecule has 1 rings (SSSR count). The number of aliphatic hydroxyl groups is 1. The van der Waals surface area contributed by atoms with E-state index in [2.05, 4.69) is 28.8 Å². The number of aliphatic hydroxyl groups excluding tert-OH is 1. The zero-order valence-corrected chi connectivity index (χ0v) is 13.0. The van der Waals surface area contributed by atoms with Crippen molar-refractivity contribution in [1.29, 1.82) is 0 Å². The highest BCUT2D eigenvalue weighted by Gasteiger charge is 2.23. The first-order chi connectivity index (χ1) is 9.38. The van der Waals surface area contributed by atoms with Crippen LogP contribution in [0.1, 0.15) is 31.7 Å². The van der Waals surface area contributed by atoms with Crippen LogP contribution in [0.15, 0.2) is 4.90 Å². The molecule has 0 aliphatic rings. The molecule has 0 aliphatic carbocycles. The molecule has 1 heterocycles. The second kappa shape index (κ2) is 7.72. The zero-order valence-electron chi connectivity index (χ0n) is 12.1. The molecule has 0 saturated heterocycles. The van der Waals surface area contributed by atoms with Gasteiger partial charge in [0.1, 0.15) is 10.6 Å². The van der Waals surface area contributed by atoms with E-state index in [0.29, 0.717) is 24.8 Å². The van der Waals surface area contributed by atoms with Crippen LogP contribution in [0, 0.1) is 12.8 Å². The molecule has 0 bridgehead atoms. The number of nitrogens with one attached hydrogen (secondary N) is 2. The van der Waals surface area contributed by atoms with Gasteiger partial charge in [-0.15, -0.1) is 0 Å². The lowest BCUT2D eigenvalue weighted by Crippen LogP contribution is -2.28. The van der Waals surface area contributed by atoms with Crippen molar-refractivity contribution in [2.45, 2.75) is 38.7 Å². The largest absolute Gasteiger partial charge is 0.390 e. The van der Waals surface area contributed by atoms with Crippen LogP contribution >= 0.6 is 0 Å². The van der Waals surface area contributed by atoms with Crippen molar-refractivity contribution in [2.24, 2.45) is 5.92 Å². The van der Waals surface area contributed by atoms with E-state index < -0.39 is 16.6 Å². The van der Waals surface area contributed by atoms with Crippen molar-refractivity contribution in [3.05, 3.63) is 11.4 Å². The minimum absolute atomic E-state index is 0.0159. The molecule has 0 aliphatic heterocycles. The van der Waals surface area contributed by atoms with Gasteiger partial charge in [0.2, 0.25) is 10.0 Å². The molecule has 1 aromatic heterocycles. The number of aryl methyl sites for hydroxylation is 1. The van der Waals surface area contributed by atoms with Gasteiger partial charge in [-0.3, -0.25) is 5.10 Å². The summed E-state index contributed by atoms with van der Waals surface area (Å²) in [4.78, 5) is 0.0159. The molecule has 8 heteroatoms. The van der Waals surface area contributed by atoms with Gasteiger partial charge in [-0.25, -0.2) is 13.1 Å². The van der Waals surface area contributed by atoms with Gasteiger partial charge in [0.15, 0.2) is 0 Å². The van der Waals surface area contributed by atoms with Crippen LogP contribution in [0.3, 0.4) is 0 Å². The molecule has 116 valence electrons. The summed E-state index contributed by atoms with van der Waals surface area (Å²) in [5.41, 5.74) is 0.526. The molecule has 0 spiro atoms. The van der Waals surface area contributed by atoms with Crippen LogP contribution in [0.4, 0.5) is 0 Å². The van der Waals surface area contributed by atoms with Gasteiger partial charge in [0.25, 0.3) is 0 Å². The Morgan fingerprint density at radius 3 is 2.70 bits per heavy atom. The fourth-order valence-corrected chi connectivity index (χ4v) is 3.04. The summed E-state index contributed by atoms with van der Waals surface area (Å²) in [7, 11) is -3.68. The van der Waals surface area contributed by atoms with Gasteiger partial charge in [-0.05, 0) is 19.3 Å². The lowest BCUT2D eigenvalue weighted by Gasteiger charge is -2.09. The Bertz CT molecular complexity index is 511. The van der Waals surface area contributed by atoms with E-state index in [1.165, 1.54) is 0 Å². The maximum Gasteiger partial charge on any atom is 0.244 e. The highest BCUT2D eigenvalue weighted by Crippen LogP contribution is 2.16. The van der Waals surface area contributed by atoms with Crippen molar-refractivity contribution in [2.75, 3.05) is 19.8 Å². The van der Waals surface area contributed by atoms with Crippen molar-refractivity contribution in [3.63, 3.8) is 0 Å². The molecule has 20 heavy (non-hydrogen) atoms. The third-order valence-electron chi connectivity index (χ3n) is 2.76. The van der Waals surface area contributed by atoms with Gasteiger partial charge in [0.05, 0.1) is 18.9 Å². The first-order valence-electron chi connectivity index (χ1n) is 6.60. The zero-order chi connectivity index (χ0) is 15.2. The molecule has 0 saturated carbocycles. The van der Waals surface area contributed by atoms with Crippen LogP contribution < -0.4 is 4.72 Å². The SMILES string of the molecule is Cc1[nH]nc(CO)c1S(=O)(=O)NCCOCCC(C)C. The Balaban J connectivity index is 2.48. The fourth-order valence-electron chi connectivity index (χ4n) is 1.67. The van der Waals surface area contributed by atoms with Gasteiger partial charge >= 0.3 is 0 Å². The molecular weight excluding hydrogens is 282 g/mol. The van der Waals surface area contributed by atoms with Gasteiger partial charge in [-0.2, -0.15) is 5.10 Å². The summed E-state index contributed by atoms with van der Waals surface area (Å²) >= 11 is 0. The normalized spacial score (nSPS) is 12.2. The van der Waals surface area contributed by atoms with Crippen LogP contribution in [-0.4, -0.2) is 43.5 Å². The van der Waals surface area contributed by atoms with Gasteiger partial charge < -0.3 is 9.84 Å². The predicted octanol–water partition coefficient (Wildman–Crippen LogP) is 0.551. The Hall–Kier alpha value is -0.960. The number of ether oxygens (including phenoxy) is 1. The highest BCUT2D eigenvalue weighted by atomic mass is 32.2. The van der Waals surface area contributed by atoms with Crippen molar-refractivity contribution >= 4 is 10.0 Å². The molecule has 0 aromatic carbocycles. The molecule has 7 nitrogen and oxygen atoms in total. The molecule has 0 unspecified atom stereocenters. The summed E-state index contributed by atoms with van der Waals surface area (Å²) in [6.07, 6.45) is 0.947. The monoisotopic (exact) mass is 305 g/mol. The summed E-state index contributed by atoms with van der Waals surface area (Å²) in [6, 6.07) is 0. The minimum atomic E-state index is -3.68. The highest BCUT2D eigenvalue weighted by molar-refractivity contribution is 7.89. The van der Waals surface area contributed by atoms with E-state index >= 15 is 0 Å². The quantitative estimate of drug-likeness (QED) is 0.578. The second-order valence-electron chi connectivity index (χ2n) is 4.98. The van der Waals surface area contributed by atoms with Crippen LogP contribution in [-0.2, 0) is 21.4 Å². The number of sulfonamides is 1. The lowest BCUT2D eigenvalue weighted by molar-refractivity contribution is 0.128. The smallest absolute Gasteiger partial charge is 0.244 e. The van der Waals surface area contributed by atoms with Crippen LogP contribution in [0.5, 0.6) is 0 Å². The number of hydrogen-bond donors (Lipinski definition) is 3.